The minimum atomic E-state index is 0.685. The molecule has 0 saturated heterocycles. The predicted octanol–water partition coefficient (Wildman–Crippen LogP) is 4.43. The van der Waals surface area contributed by atoms with Crippen molar-refractivity contribution in [3.63, 3.8) is 0 Å². The van der Waals surface area contributed by atoms with Gasteiger partial charge in [0.1, 0.15) is 5.82 Å². The maximum Gasteiger partial charge on any atom is 0.130 e. The number of rotatable bonds is 3. The molecule has 0 aliphatic rings. The van der Waals surface area contributed by atoms with Crippen molar-refractivity contribution in [3.8, 4) is 0 Å². The molecule has 0 fully saturated rings. The molecule has 18 heavy (non-hydrogen) atoms. The first kappa shape index (κ1) is 12.7. The highest BCUT2D eigenvalue weighted by molar-refractivity contribution is 6.32. The van der Waals surface area contributed by atoms with Crippen molar-refractivity contribution in [2.75, 3.05) is 5.32 Å². The minimum absolute atomic E-state index is 0.685. The van der Waals surface area contributed by atoms with Gasteiger partial charge in [0, 0.05) is 22.5 Å². The molecule has 92 valence electrons. The fourth-order valence-electron chi connectivity index (χ4n) is 1.63. The van der Waals surface area contributed by atoms with Crippen LogP contribution in [0.2, 0.25) is 5.02 Å². The molecule has 0 spiro atoms. The number of halogens is 1. The fraction of sp³-hybridized carbons (Fsp3) is 0.133. The SMILES string of the molecule is C=C(Nc1ccc(C)cn1)c1cc(C)ccc1Cl. The van der Waals surface area contributed by atoms with Crippen LogP contribution in [0.1, 0.15) is 16.7 Å². The summed E-state index contributed by atoms with van der Waals surface area (Å²) in [6.45, 7) is 8.04. The standard InChI is InChI=1S/C15H15ClN2/c1-10-4-6-14(16)13(8-10)12(3)18-15-7-5-11(2)9-17-15/h4-9H,3H2,1-2H3,(H,17,18). The van der Waals surface area contributed by atoms with Crippen LogP contribution in [0.5, 0.6) is 0 Å². The van der Waals surface area contributed by atoms with Gasteiger partial charge in [-0.25, -0.2) is 4.98 Å². The van der Waals surface area contributed by atoms with Crippen molar-refractivity contribution in [3.05, 3.63) is 64.8 Å². The molecule has 2 rings (SSSR count). The molecular formula is C15H15ClN2. The van der Waals surface area contributed by atoms with Gasteiger partial charge < -0.3 is 5.32 Å². The molecule has 0 amide bonds. The third kappa shape index (κ3) is 2.90. The Morgan fingerprint density at radius 1 is 1.17 bits per heavy atom. The molecule has 0 bridgehead atoms. The molecule has 1 heterocycles. The summed E-state index contributed by atoms with van der Waals surface area (Å²) in [5, 5.41) is 3.85. The number of hydrogen-bond acceptors (Lipinski definition) is 2. The van der Waals surface area contributed by atoms with Gasteiger partial charge in [-0.2, -0.15) is 0 Å². The van der Waals surface area contributed by atoms with Gasteiger partial charge in [0.05, 0.1) is 0 Å². The van der Waals surface area contributed by atoms with Crippen molar-refractivity contribution in [1.82, 2.24) is 4.98 Å². The number of anilines is 1. The zero-order valence-electron chi connectivity index (χ0n) is 10.5. The van der Waals surface area contributed by atoms with E-state index >= 15 is 0 Å². The Bertz CT molecular complexity index is 574. The smallest absolute Gasteiger partial charge is 0.130 e. The highest BCUT2D eigenvalue weighted by atomic mass is 35.5. The normalized spacial score (nSPS) is 10.2. The van der Waals surface area contributed by atoms with Crippen LogP contribution >= 0.6 is 11.6 Å². The van der Waals surface area contributed by atoms with E-state index in [-0.39, 0.29) is 0 Å². The van der Waals surface area contributed by atoms with Crippen LogP contribution in [0.25, 0.3) is 5.70 Å². The van der Waals surface area contributed by atoms with Crippen molar-refractivity contribution < 1.29 is 0 Å². The molecule has 0 aliphatic carbocycles. The molecule has 1 N–H and O–H groups in total. The lowest BCUT2D eigenvalue weighted by Gasteiger charge is -2.11. The molecule has 1 aromatic heterocycles. The van der Waals surface area contributed by atoms with Crippen LogP contribution in [0.15, 0.2) is 43.1 Å². The fourth-order valence-corrected chi connectivity index (χ4v) is 1.87. The van der Waals surface area contributed by atoms with E-state index < -0.39 is 0 Å². The molecule has 0 aliphatic heterocycles. The lowest BCUT2D eigenvalue weighted by molar-refractivity contribution is 1.26. The summed E-state index contributed by atoms with van der Waals surface area (Å²) >= 11 is 6.16. The minimum Gasteiger partial charge on any atom is -0.340 e. The van der Waals surface area contributed by atoms with E-state index in [0.29, 0.717) is 5.02 Å². The van der Waals surface area contributed by atoms with E-state index in [2.05, 4.69) is 16.9 Å². The van der Waals surface area contributed by atoms with E-state index in [1.807, 2.05) is 50.4 Å². The summed E-state index contributed by atoms with van der Waals surface area (Å²) in [6.07, 6.45) is 1.81. The van der Waals surface area contributed by atoms with Gasteiger partial charge in [-0.1, -0.05) is 35.9 Å². The Hall–Kier alpha value is -1.80. The Kier molecular flexibility index (Phi) is 3.68. The second-order valence-corrected chi connectivity index (χ2v) is 4.71. The van der Waals surface area contributed by atoms with E-state index in [1.165, 1.54) is 0 Å². The first-order valence-corrected chi connectivity index (χ1v) is 6.09. The van der Waals surface area contributed by atoms with Crippen molar-refractivity contribution in [1.29, 1.82) is 0 Å². The molecule has 0 atom stereocenters. The lowest BCUT2D eigenvalue weighted by Crippen LogP contribution is -2.00. The first-order valence-electron chi connectivity index (χ1n) is 5.71. The van der Waals surface area contributed by atoms with Crippen molar-refractivity contribution in [2.24, 2.45) is 0 Å². The average Bonchev–Trinajstić information content (AvgIpc) is 2.35. The summed E-state index contributed by atoms with van der Waals surface area (Å²) in [5.74, 6) is 0.767. The van der Waals surface area contributed by atoms with Gasteiger partial charge in [0.15, 0.2) is 0 Å². The number of nitrogens with zero attached hydrogens (tertiary/aromatic N) is 1. The van der Waals surface area contributed by atoms with E-state index in [4.69, 9.17) is 11.6 Å². The Morgan fingerprint density at radius 2 is 1.89 bits per heavy atom. The summed E-state index contributed by atoms with van der Waals surface area (Å²) in [4.78, 5) is 4.28. The maximum absolute atomic E-state index is 6.16. The average molecular weight is 259 g/mol. The summed E-state index contributed by atoms with van der Waals surface area (Å²) in [5.41, 5.74) is 3.92. The largest absolute Gasteiger partial charge is 0.340 e. The molecule has 1 aromatic carbocycles. The summed E-state index contributed by atoms with van der Waals surface area (Å²) in [6, 6.07) is 9.78. The molecule has 2 aromatic rings. The summed E-state index contributed by atoms with van der Waals surface area (Å²) < 4.78 is 0. The molecule has 0 saturated carbocycles. The second kappa shape index (κ2) is 5.23. The number of hydrogen-bond donors (Lipinski definition) is 1. The second-order valence-electron chi connectivity index (χ2n) is 4.31. The summed E-state index contributed by atoms with van der Waals surface area (Å²) in [7, 11) is 0. The van der Waals surface area contributed by atoms with Crippen LogP contribution in [-0.2, 0) is 0 Å². The zero-order chi connectivity index (χ0) is 13.1. The van der Waals surface area contributed by atoms with Gasteiger partial charge in [0.2, 0.25) is 0 Å². The number of benzene rings is 1. The lowest BCUT2D eigenvalue weighted by atomic mass is 10.1. The highest BCUT2D eigenvalue weighted by Crippen LogP contribution is 2.24. The van der Waals surface area contributed by atoms with Crippen LogP contribution in [0, 0.1) is 13.8 Å². The third-order valence-electron chi connectivity index (χ3n) is 2.64. The van der Waals surface area contributed by atoms with Gasteiger partial charge in [-0.3, -0.25) is 0 Å². The zero-order valence-corrected chi connectivity index (χ0v) is 11.3. The quantitative estimate of drug-likeness (QED) is 0.881. The van der Waals surface area contributed by atoms with Gasteiger partial charge >= 0.3 is 0 Å². The Labute approximate surface area is 112 Å². The van der Waals surface area contributed by atoms with Crippen LogP contribution < -0.4 is 5.32 Å². The first-order chi connectivity index (χ1) is 8.56. The third-order valence-corrected chi connectivity index (χ3v) is 2.97. The van der Waals surface area contributed by atoms with Crippen molar-refractivity contribution >= 4 is 23.1 Å². The van der Waals surface area contributed by atoms with Crippen LogP contribution in [-0.4, -0.2) is 4.98 Å². The molecule has 2 nitrogen and oxygen atoms in total. The molecule has 0 unspecified atom stereocenters. The number of aryl methyl sites for hydroxylation is 2. The van der Waals surface area contributed by atoms with Crippen molar-refractivity contribution in [2.45, 2.75) is 13.8 Å². The number of aromatic nitrogens is 1. The Morgan fingerprint density at radius 3 is 2.56 bits per heavy atom. The predicted molar refractivity (Wildman–Crippen MR) is 77.8 cm³/mol. The van der Waals surface area contributed by atoms with E-state index in [9.17, 15) is 0 Å². The molecule has 3 heteroatoms. The van der Waals surface area contributed by atoms with E-state index in [1.54, 1.807) is 0 Å². The Balaban J connectivity index is 2.21. The van der Waals surface area contributed by atoms with Crippen LogP contribution in [0.4, 0.5) is 5.82 Å². The monoisotopic (exact) mass is 258 g/mol. The van der Waals surface area contributed by atoms with Gasteiger partial charge in [-0.15, -0.1) is 0 Å². The van der Waals surface area contributed by atoms with E-state index in [0.717, 1.165) is 28.2 Å². The van der Waals surface area contributed by atoms with Gasteiger partial charge in [-0.05, 0) is 37.6 Å². The number of pyridine rings is 1. The molecular weight excluding hydrogens is 244 g/mol. The van der Waals surface area contributed by atoms with Crippen LogP contribution in [0.3, 0.4) is 0 Å². The number of nitrogens with one attached hydrogen (secondary N) is 1. The van der Waals surface area contributed by atoms with Gasteiger partial charge in [0.25, 0.3) is 0 Å². The highest BCUT2D eigenvalue weighted by Gasteiger charge is 2.05. The topological polar surface area (TPSA) is 24.9 Å². The maximum atomic E-state index is 6.16. The molecule has 0 radical (unpaired) electrons.